The van der Waals surface area contributed by atoms with Gasteiger partial charge in [-0.3, -0.25) is 9.69 Å². The Hall–Kier alpha value is -3.71. The molecule has 2 amide bonds. The summed E-state index contributed by atoms with van der Waals surface area (Å²) in [4.78, 5) is 30.4. The van der Waals surface area contributed by atoms with Crippen LogP contribution in [0.1, 0.15) is 16.7 Å². The van der Waals surface area contributed by atoms with E-state index in [1.807, 2.05) is 108 Å². The van der Waals surface area contributed by atoms with Crippen LogP contribution in [0.5, 0.6) is 0 Å². The van der Waals surface area contributed by atoms with Crippen molar-refractivity contribution in [3.05, 3.63) is 119 Å². The summed E-state index contributed by atoms with van der Waals surface area (Å²) in [6, 6.07) is 28.4. The van der Waals surface area contributed by atoms with Gasteiger partial charge in [-0.2, -0.15) is 0 Å². The van der Waals surface area contributed by atoms with Gasteiger partial charge in [-0.25, -0.2) is 4.79 Å². The Balaban J connectivity index is 1.56. The topological polar surface area (TPSA) is 61.9 Å². The molecule has 0 saturated carbocycles. The standard InChI is InChI=1S/C28H29N3O3S/c32-27(29-19-24-12-6-2-7-13-24)26(18-23-10-4-1-5-11-23)31(20-25-14-8-3-9-15-25)28(33)34-21-30-16-17-35-22-30/h1-17,26H,18-22H2,(H,29,32)/t26-/m0/s1. The van der Waals surface area contributed by atoms with Gasteiger partial charge in [0.1, 0.15) is 6.04 Å². The molecular formula is C28H29N3O3S. The van der Waals surface area contributed by atoms with Crippen LogP contribution in [0, 0.1) is 0 Å². The molecular weight excluding hydrogens is 458 g/mol. The van der Waals surface area contributed by atoms with Gasteiger partial charge in [-0.05, 0) is 22.1 Å². The zero-order chi connectivity index (χ0) is 24.3. The molecule has 4 rings (SSSR count). The number of benzene rings is 3. The van der Waals surface area contributed by atoms with Gasteiger partial charge in [0.25, 0.3) is 0 Å². The zero-order valence-corrected chi connectivity index (χ0v) is 20.3. The molecule has 7 heteroatoms. The Kier molecular flexibility index (Phi) is 8.84. The number of rotatable bonds is 10. The van der Waals surface area contributed by atoms with Crippen LogP contribution >= 0.6 is 11.8 Å². The lowest BCUT2D eigenvalue weighted by Gasteiger charge is -2.31. The van der Waals surface area contributed by atoms with Crippen molar-refractivity contribution in [3.8, 4) is 0 Å². The summed E-state index contributed by atoms with van der Waals surface area (Å²) < 4.78 is 5.66. The second-order valence-corrected chi connectivity index (χ2v) is 9.10. The van der Waals surface area contributed by atoms with Crippen molar-refractivity contribution in [2.75, 3.05) is 12.6 Å². The van der Waals surface area contributed by atoms with Crippen molar-refractivity contribution < 1.29 is 14.3 Å². The Labute approximate surface area is 210 Å². The molecule has 0 unspecified atom stereocenters. The van der Waals surface area contributed by atoms with Gasteiger partial charge in [0, 0.05) is 25.7 Å². The minimum Gasteiger partial charge on any atom is -0.428 e. The second-order valence-electron chi connectivity index (χ2n) is 8.23. The molecule has 35 heavy (non-hydrogen) atoms. The van der Waals surface area contributed by atoms with Gasteiger partial charge in [-0.1, -0.05) is 91.0 Å². The molecule has 180 valence electrons. The molecule has 0 aromatic heterocycles. The van der Waals surface area contributed by atoms with Crippen LogP contribution in [0.25, 0.3) is 0 Å². The van der Waals surface area contributed by atoms with E-state index in [0.29, 0.717) is 13.0 Å². The van der Waals surface area contributed by atoms with Gasteiger partial charge in [0.2, 0.25) is 5.91 Å². The maximum atomic E-state index is 13.5. The first-order valence-electron chi connectivity index (χ1n) is 11.5. The Morgan fingerprint density at radius 1 is 0.886 bits per heavy atom. The summed E-state index contributed by atoms with van der Waals surface area (Å²) >= 11 is 1.64. The van der Waals surface area contributed by atoms with Crippen LogP contribution in [0.15, 0.2) is 103 Å². The molecule has 0 fully saturated rings. The third-order valence-electron chi connectivity index (χ3n) is 5.65. The van der Waals surface area contributed by atoms with Crippen LogP contribution in [-0.4, -0.2) is 40.4 Å². The number of hydrogen-bond acceptors (Lipinski definition) is 5. The van der Waals surface area contributed by atoms with Crippen molar-refractivity contribution in [2.45, 2.75) is 25.6 Å². The predicted molar refractivity (Wildman–Crippen MR) is 139 cm³/mol. The van der Waals surface area contributed by atoms with Crippen LogP contribution in [0.4, 0.5) is 4.79 Å². The van der Waals surface area contributed by atoms with Crippen molar-refractivity contribution in [1.29, 1.82) is 0 Å². The number of nitrogens with one attached hydrogen (secondary N) is 1. The average Bonchev–Trinajstić information content (AvgIpc) is 3.43. The summed E-state index contributed by atoms with van der Waals surface area (Å²) in [5, 5.41) is 4.99. The number of hydrogen-bond donors (Lipinski definition) is 1. The molecule has 3 aromatic carbocycles. The molecule has 6 nitrogen and oxygen atoms in total. The first-order chi connectivity index (χ1) is 17.2. The van der Waals surface area contributed by atoms with E-state index in [9.17, 15) is 9.59 Å². The molecule has 1 N–H and O–H groups in total. The highest BCUT2D eigenvalue weighted by Crippen LogP contribution is 2.18. The predicted octanol–water partition coefficient (Wildman–Crippen LogP) is 4.99. The van der Waals surface area contributed by atoms with E-state index in [-0.39, 0.29) is 19.2 Å². The number of carbonyl (C=O) groups is 2. The summed E-state index contributed by atoms with van der Waals surface area (Å²) in [6.45, 7) is 0.785. The number of ether oxygens (including phenoxy) is 1. The molecule has 0 radical (unpaired) electrons. The van der Waals surface area contributed by atoms with Crippen LogP contribution in [0.3, 0.4) is 0 Å². The zero-order valence-electron chi connectivity index (χ0n) is 19.5. The maximum absolute atomic E-state index is 13.5. The summed E-state index contributed by atoms with van der Waals surface area (Å²) in [7, 11) is 0. The van der Waals surface area contributed by atoms with E-state index in [4.69, 9.17) is 4.74 Å². The van der Waals surface area contributed by atoms with Crippen molar-refractivity contribution in [2.24, 2.45) is 0 Å². The quantitative estimate of drug-likeness (QED) is 0.437. The summed E-state index contributed by atoms with van der Waals surface area (Å²) in [6.07, 6.45) is 1.76. The van der Waals surface area contributed by atoms with Crippen LogP contribution < -0.4 is 5.32 Å². The minimum absolute atomic E-state index is 0.136. The largest absolute Gasteiger partial charge is 0.428 e. The molecule has 1 atom stereocenters. The smallest absolute Gasteiger partial charge is 0.412 e. The van der Waals surface area contributed by atoms with Crippen molar-refractivity contribution in [3.63, 3.8) is 0 Å². The van der Waals surface area contributed by atoms with Crippen LogP contribution in [-0.2, 0) is 29.0 Å². The normalized spacial score (nSPS) is 13.3. The average molecular weight is 488 g/mol. The molecule has 0 spiro atoms. The fourth-order valence-electron chi connectivity index (χ4n) is 3.78. The minimum atomic E-state index is -0.739. The number of thioether (sulfide) groups is 1. The van der Waals surface area contributed by atoms with Gasteiger partial charge < -0.3 is 15.0 Å². The molecule has 0 aliphatic carbocycles. The van der Waals surface area contributed by atoms with Crippen molar-refractivity contribution >= 4 is 23.8 Å². The Morgan fingerprint density at radius 3 is 2.09 bits per heavy atom. The lowest BCUT2D eigenvalue weighted by atomic mass is 10.0. The molecule has 1 aliphatic rings. The third-order valence-corrected chi connectivity index (χ3v) is 6.45. The van der Waals surface area contributed by atoms with E-state index in [1.165, 1.54) is 4.90 Å². The van der Waals surface area contributed by atoms with E-state index < -0.39 is 12.1 Å². The first-order valence-corrected chi connectivity index (χ1v) is 12.6. The maximum Gasteiger partial charge on any atom is 0.412 e. The van der Waals surface area contributed by atoms with Gasteiger partial charge in [-0.15, -0.1) is 11.8 Å². The Bertz CT molecular complexity index is 1110. The fourth-order valence-corrected chi connectivity index (χ4v) is 4.48. The van der Waals surface area contributed by atoms with Gasteiger partial charge >= 0.3 is 6.09 Å². The monoisotopic (exact) mass is 487 g/mol. The van der Waals surface area contributed by atoms with E-state index in [1.54, 1.807) is 11.8 Å². The van der Waals surface area contributed by atoms with E-state index in [0.717, 1.165) is 22.6 Å². The third kappa shape index (κ3) is 7.39. The SMILES string of the molecule is O=C(NCc1ccccc1)[C@H](Cc1ccccc1)N(Cc1ccccc1)C(=O)OCN1C=CSC1. The summed E-state index contributed by atoms with van der Waals surface area (Å²) in [5.41, 5.74) is 2.89. The highest BCUT2D eigenvalue weighted by atomic mass is 32.2. The number of amides is 2. The molecule has 3 aromatic rings. The van der Waals surface area contributed by atoms with E-state index in [2.05, 4.69) is 5.32 Å². The first kappa shape index (κ1) is 24.4. The van der Waals surface area contributed by atoms with Crippen molar-refractivity contribution in [1.82, 2.24) is 15.1 Å². The van der Waals surface area contributed by atoms with Gasteiger partial charge in [0.15, 0.2) is 6.73 Å². The second kappa shape index (κ2) is 12.7. The molecule has 1 aliphatic heterocycles. The molecule has 0 saturated heterocycles. The molecule has 0 bridgehead atoms. The Morgan fingerprint density at radius 2 is 1.49 bits per heavy atom. The number of nitrogens with zero attached hydrogens (tertiary/aromatic N) is 2. The highest BCUT2D eigenvalue weighted by Gasteiger charge is 2.31. The number of carbonyl (C=O) groups excluding carboxylic acids is 2. The lowest BCUT2D eigenvalue weighted by Crippen LogP contribution is -2.50. The summed E-state index contributed by atoms with van der Waals surface area (Å²) in [5.74, 6) is 0.513. The van der Waals surface area contributed by atoms with E-state index >= 15 is 0 Å². The van der Waals surface area contributed by atoms with Crippen LogP contribution in [0.2, 0.25) is 0 Å². The van der Waals surface area contributed by atoms with Gasteiger partial charge in [0.05, 0.1) is 5.88 Å². The molecule has 1 heterocycles. The lowest BCUT2D eigenvalue weighted by molar-refractivity contribution is -0.126. The highest BCUT2D eigenvalue weighted by molar-refractivity contribution is 8.02. The fraction of sp³-hybridized carbons (Fsp3) is 0.214.